The van der Waals surface area contributed by atoms with Crippen molar-refractivity contribution in [1.29, 1.82) is 0 Å². The summed E-state index contributed by atoms with van der Waals surface area (Å²) in [5, 5.41) is 0. The first kappa shape index (κ1) is 30.6. The van der Waals surface area contributed by atoms with E-state index in [1.54, 1.807) is 19.8 Å². The van der Waals surface area contributed by atoms with Gasteiger partial charge in [-0.2, -0.15) is 0 Å². The first-order chi connectivity index (χ1) is 16.4. The number of rotatable bonds is 9. The van der Waals surface area contributed by atoms with Crippen molar-refractivity contribution in [3.8, 4) is 0 Å². The quantitative estimate of drug-likeness (QED) is 0.270. The molecule has 1 aromatic carbocycles. The SMILES string of the molecule is C=C(C)C.C=O.COCCCc1cc(C2CCC(C3CCC(C)CC3)CC2)ccc1CCOC. The van der Waals surface area contributed by atoms with Crippen LogP contribution in [0.5, 0.6) is 0 Å². The van der Waals surface area contributed by atoms with E-state index in [9.17, 15) is 0 Å². The minimum atomic E-state index is 0.774. The van der Waals surface area contributed by atoms with Crippen LogP contribution in [0.4, 0.5) is 0 Å². The summed E-state index contributed by atoms with van der Waals surface area (Å²) in [6, 6.07) is 7.32. The van der Waals surface area contributed by atoms with Gasteiger partial charge in [-0.3, -0.25) is 0 Å². The predicted molar refractivity (Wildman–Crippen MR) is 146 cm³/mol. The van der Waals surface area contributed by atoms with Crippen LogP contribution in [-0.4, -0.2) is 34.2 Å². The van der Waals surface area contributed by atoms with Crippen LogP contribution in [0.3, 0.4) is 0 Å². The van der Waals surface area contributed by atoms with Crippen molar-refractivity contribution in [3.05, 3.63) is 47.0 Å². The van der Waals surface area contributed by atoms with Crippen LogP contribution in [0.15, 0.2) is 30.4 Å². The zero-order chi connectivity index (χ0) is 25.3. The molecule has 0 atom stereocenters. The van der Waals surface area contributed by atoms with E-state index in [4.69, 9.17) is 14.3 Å². The minimum absolute atomic E-state index is 0.774. The topological polar surface area (TPSA) is 35.5 Å². The van der Waals surface area contributed by atoms with Gasteiger partial charge in [-0.15, -0.1) is 6.58 Å². The minimum Gasteiger partial charge on any atom is -0.385 e. The van der Waals surface area contributed by atoms with Crippen LogP contribution < -0.4 is 0 Å². The highest BCUT2D eigenvalue weighted by Gasteiger charge is 2.30. The van der Waals surface area contributed by atoms with Gasteiger partial charge in [0.05, 0.1) is 6.61 Å². The van der Waals surface area contributed by atoms with Gasteiger partial charge in [0.25, 0.3) is 0 Å². The highest BCUT2D eigenvalue weighted by Crippen LogP contribution is 2.44. The van der Waals surface area contributed by atoms with Gasteiger partial charge >= 0.3 is 0 Å². The highest BCUT2D eigenvalue weighted by atomic mass is 16.5. The van der Waals surface area contributed by atoms with Crippen LogP contribution in [-0.2, 0) is 27.1 Å². The number of hydrogen-bond acceptors (Lipinski definition) is 3. The number of benzene rings is 1. The first-order valence-electron chi connectivity index (χ1n) is 13.4. The Bertz CT molecular complexity index is 663. The van der Waals surface area contributed by atoms with Crippen LogP contribution in [0.2, 0.25) is 0 Å². The van der Waals surface area contributed by atoms with Gasteiger partial charge in [-0.1, -0.05) is 43.5 Å². The maximum absolute atomic E-state index is 8.00. The number of carbonyl (C=O) groups excluding carboxylic acids is 1. The fraction of sp³-hybridized carbons (Fsp3) is 0.710. The summed E-state index contributed by atoms with van der Waals surface area (Å²) >= 11 is 0. The van der Waals surface area contributed by atoms with Crippen LogP contribution >= 0.6 is 0 Å². The Labute approximate surface area is 210 Å². The molecule has 3 nitrogen and oxygen atoms in total. The summed E-state index contributed by atoms with van der Waals surface area (Å²) in [4.78, 5) is 8.00. The maximum atomic E-state index is 8.00. The zero-order valence-electron chi connectivity index (χ0n) is 22.9. The second-order valence-corrected chi connectivity index (χ2v) is 10.7. The van der Waals surface area contributed by atoms with Gasteiger partial charge in [0.1, 0.15) is 6.79 Å². The summed E-state index contributed by atoms with van der Waals surface area (Å²) in [5.74, 6) is 3.78. The molecule has 194 valence electrons. The summed E-state index contributed by atoms with van der Waals surface area (Å²) in [7, 11) is 3.60. The van der Waals surface area contributed by atoms with E-state index in [2.05, 4.69) is 31.7 Å². The van der Waals surface area contributed by atoms with E-state index in [0.29, 0.717) is 0 Å². The third kappa shape index (κ3) is 11.3. The zero-order valence-corrected chi connectivity index (χ0v) is 22.9. The van der Waals surface area contributed by atoms with Gasteiger partial charge in [0, 0.05) is 20.8 Å². The molecule has 34 heavy (non-hydrogen) atoms. The molecule has 3 rings (SSSR count). The van der Waals surface area contributed by atoms with E-state index in [-0.39, 0.29) is 0 Å². The molecule has 0 heterocycles. The number of hydrogen-bond donors (Lipinski definition) is 0. The maximum Gasteiger partial charge on any atom is 0.106 e. The molecule has 0 spiro atoms. The molecule has 2 saturated carbocycles. The normalized spacial score (nSPS) is 24.3. The van der Waals surface area contributed by atoms with Gasteiger partial charge in [0.2, 0.25) is 0 Å². The molecular formula is C31H52O3. The van der Waals surface area contributed by atoms with Gasteiger partial charge in [-0.05, 0) is 112 Å². The lowest BCUT2D eigenvalue weighted by molar-refractivity contribution is -0.0979. The molecule has 0 aromatic heterocycles. The third-order valence-electron chi connectivity index (χ3n) is 7.57. The molecule has 0 amide bonds. The smallest absolute Gasteiger partial charge is 0.106 e. The summed E-state index contributed by atoms with van der Waals surface area (Å²) in [6.07, 6.45) is 14.9. The van der Waals surface area contributed by atoms with E-state index in [1.165, 1.54) is 68.1 Å². The second kappa shape index (κ2) is 17.9. The van der Waals surface area contributed by atoms with E-state index in [1.807, 2.05) is 20.6 Å². The molecule has 0 bridgehead atoms. The fourth-order valence-electron chi connectivity index (χ4n) is 5.68. The molecular weight excluding hydrogens is 420 g/mol. The van der Waals surface area contributed by atoms with Gasteiger partial charge in [0.15, 0.2) is 0 Å². The summed E-state index contributed by atoms with van der Waals surface area (Å²) in [5.41, 5.74) is 5.74. The van der Waals surface area contributed by atoms with E-state index >= 15 is 0 Å². The van der Waals surface area contributed by atoms with Crippen molar-refractivity contribution in [3.63, 3.8) is 0 Å². The molecule has 0 saturated heterocycles. The van der Waals surface area contributed by atoms with Crippen molar-refractivity contribution in [2.75, 3.05) is 27.4 Å². The molecule has 0 aliphatic heterocycles. The van der Waals surface area contributed by atoms with Crippen LogP contribution in [0.25, 0.3) is 0 Å². The standard InChI is InChI=1S/C26H42O2.C4H8.CH2O/c1-20-6-8-21(9-7-20)22-10-12-23(13-11-22)26-15-14-24(16-18-28-3)25(19-26)5-4-17-27-2;1-4(2)3;1-2/h14-15,19-23H,4-13,16-18H2,1-3H3;1H2,2-3H3;1H2. The van der Waals surface area contributed by atoms with Crippen molar-refractivity contribution in [2.24, 2.45) is 17.8 Å². The van der Waals surface area contributed by atoms with Crippen molar-refractivity contribution in [2.45, 2.75) is 97.3 Å². The Morgan fingerprint density at radius 2 is 1.35 bits per heavy atom. The van der Waals surface area contributed by atoms with E-state index < -0.39 is 0 Å². The molecule has 3 heteroatoms. The molecule has 2 fully saturated rings. The van der Waals surface area contributed by atoms with Crippen molar-refractivity contribution < 1.29 is 14.3 Å². The highest BCUT2D eigenvalue weighted by molar-refractivity contribution is 5.34. The lowest BCUT2D eigenvalue weighted by Gasteiger charge is -2.37. The summed E-state index contributed by atoms with van der Waals surface area (Å²) < 4.78 is 10.6. The number of methoxy groups -OCH3 is 2. The Hall–Kier alpha value is -1.45. The van der Waals surface area contributed by atoms with Gasteiger partial charge in [-0.25, -0.2) is 0 Å². The van der Waals surface area contributed by atoms with Crippen molar-refractivity contribution >= 4 is 6.79 Å². The largest absolute Gasteiger partial charge is 0.385 e. The number of aryl methyl sites for hydroxylation is 1. The third-order valence-corrected chi connectivity index (χ3v) is 7.57. The van der Waals surface area contributed by atoms with E-state index in [0.717, 1.165) is 56.1 Å². The average molecular weight is 473 g/mol. The molecule has 1 aromatic rings. The number of ether oxygens (including phenoxy) is 2. The molecule has 0 unspecified atom stereocenters. The second-order valence-electron chi connectivity index (χ2n) is 10.7. The lowest BCUT2D eigenvalue weighted by atomic mass is 9.68. The first-order valence-corrected chi connectivity index (χ1v) is 13.4. The summed E-state index contributed by atoms with van der Waals surface area (Å²) in [6.45, 7) is 13.6. The Morgan fingerprint density at radius 3 is 1.88 bits per heavy atom. The number of allylic oxidation sites excluding steroid dienone is 1. The lowest BCUT2D eigenvalue weighted by Crippen LogP contribution is -2.24. The molecule has 2 aliphatic rings. The van der Waals surface area contributed by atoms with Crippen LogP contribution in [0, 0.1) is 17.8 Å². The van der Waals surface area contributed by atoms with Gasteiger partial charge < -0.3 is 14.3 Å². The van der Waals surface area contributed by atoms with Crippen molar-refractivity contribution in [1.82, 2.24) is 0 Å². The Morgan fingerprint density at radius 1 is 0.824 bits per heavy atom. The predicted octanol–water partition coefficient (Wildman–Crippen LogP) is 7.95. The Kier molecular flexibility index (Phi) is 16.1. The van der Waals surface area contributed by atoms with Crippen LogP contribution in [0.1, 0.15) is 101 Å². The number of carbonyl (C=O) groups is 1. The average Bonchev–Trinajstić information content (AvgIpc) is 2.85. The Balaban J connectivity index is 0.000000872. The molecule has 2 aliphatic carbocycles. The molecule has 0 N–H and O–H groups in total. The fourth-order valence-corrected chi connectivity index (χ4v) is 5.68. The molecule has 0 radical (unpaired) electrons. The monoisotopic (exact) mass is 472 g/mol.